The van der Waals surface area contributed by atoms with Crippen LogP contribution in [0.1, 0.15) is 210 Å². The number of phenols is 4. The van der Waals surface area contributed by atoms with Crippen LogP contribution in [0.2, 0.25) is 0 Å². The van der Waals surface area contributed by atoms with Gasteiger partial charge in [0.15, 0.2) is 105 Å². The quantitative estimate of drug-likeness (QED) is 0.0490. The third-order valence-corrected chi connectivity index (χ3v) is 43.1. The summed E-state index contributed by atoms with van der Waals surface area (Å²) in [7, 11) is 13.1. The van der Waals surface area contributed by atoms with Crippen molar-refractivity contribution in [3.63, 3.8) is 0 Å². The molecule has 5 aromatic rings. The van der Waals surface area contributed by atoms with Crippen LogP contribution >= 0.6 is 0 Å². The summed E-state index contributed by atoms with van der Waals surface area (Å²) in [5.74, 6) is 4.49. The predicted molar refractivity (Wildman–Crippen MR) is 473 cm³/mol. The number of carbonyl (C=O) groups is 4. The number of benzene rings is 5. The fourth-order valence-corrected chi connectivity index (χ4v) is 36.5. The van der Waals surface area contributed by atoms with E-state index in [4.69, 9.17) is 28.4 Å². The molecule has 5 spiro atoms. The maximum absolute atomic E-state index is 15.4. The van der Waals surface area contributed by atoms with Crippen molar-refractivity contribution in [2.75, 3.05) is 108 Å². The molecule has 5 saturated heterocycles. The standard InChI is InChI=1S/C42H48N2O8.C42H50N2O8.C22H28NO4.5BrH/c1-43(19-21-3-4-21)13-11-39-31-23-15-25(33(47)35(31)51-37(39)27(45)7-9-41(39,49)29(43)17-23)26-16-24-18-30-42(50)10-8-28(46)38-40(42,32(24)36(52-38)34(26)48)12-14-44(30,2)20-22-5-6-22;1-43(20-22-3-4-22)16-14-39-32-25-8-10-28(46)35(32)52-37(39)40(48,11-12-41(39,49)29(43)17-25)26-19-42(50)30-18-24-7-9-27(45)34-31(24)38(42,36(51-34)33(26)47)13-15-44(30,2)21-23-5-6-23;1-23(12-13-3-4-13)10-9-21-18-14-5-6-16(26-2)19(18)27-20(21)15(24)7-8-22(21,25)17(23)11-14;;;;;/h15-16,21-22,29-30,37-38,49-50H,3-14,17-20H2,1-2H3;7-10,22-23,26,29-30,36-37,48-50H,3-6,11-21H2,1-2H3;5-6,13,17,20,25H,3-4,7-12H2,1-2H3;5*1H/q;;+1;;;;;/p-1/t29-,30-,37+,38+,39+,40+,41-,42-,43?,44?;26?,29-,30-,36+,37-,38+,39+,40?,41-,42-,43?,44?;17-,20+,21+,22-,23?;;;;;/m111...../s1. The number of carbonyl (C=O) groups excluding carboxylic acids is 4. The van der Waals surface area contributed by atoms with Crippen molar-refractivity contribution in [1.29, 1.82) is 0 Å². The molecule has 10 aliphatic heterocycles. The normalized spacial score (nSPS) is 45.2. The van der Waals surface area contributed by atoms with Gasteiger partial charge in [0.2, 0.25) is 0 Å². The summed E-state index contributed by atoms with van der Waals surface area (Å²) in [6, 6.07) is 14.9. The van der Waals surface area contributed by atoms with E-state index in [2.05, 4.69) is 41.3 Å². The van der Waals surface area contributed by atoms with E-state index in [1.807, 2.05) is 30.3 Å². The molecule has 5 aromatic carbocycles. The number of Topliss-reactive ketones (excluding diaryl/α,β-unsaturated/α-hetero) is 4. The molecule has 0 aromatic heterocycles. The summed E-state index contributed by atoms with van der Waals surface area (Å²) < 4.78 is 42.4. The van der Waals surface area contributed by atoms with Crippen LogP contribution in [0, 0.1) is 35.5 Å². The number of hydrogen-bond acceptors (Lipinski definition) is 20. The number of aromatic hydroxyl groups is 4. The van der Waals surface area contributed by atoms with Gasteiger partial charge in [-0.1, -0.05) is 18.2 Å². The molecule has 0 amide bonds. The SMILES string of the molecule is COc1ccc2c3c1O[C@H]1C(=O)CC[C@@]4(O)[C@@H](C2)[N+](C)(CC2CC2)CC[C@]314.C[N+]1(CC2CC2)CC[C@]23c4c5cc(-c6cc7c8c(c6O)O[C@H]6C(=O)CC[C@@]9(O)[C@@H](C7)[N+](C)(CC7CC7)CC[C@]869)c(O)c4O[C@H]2C(=O)CC[C@@]3(O)[C@H]1C5.C[N+]1(CC2CC2)CC[C@]23c4c5ccc(O)c4O[C@H]2C(=O)C(C2(O)CC[C@@]4(O)[C@H]6Cc7ccc(O)c8c7[C@@]4(CC[N+]6(C)CC4CC4)[C@H]2O8)C[C@@]3(O)[C@H]1C5.[Br-].[Br-].[Br-].[Br-].[Br-]. The van der Waals surface area contributed by atoms with Gasteiger partial charge in [-0.05, 0) is 161 Å². The third-order valence-electron chi connectivity index (χ3n) is 43.1. The molecule has 10 bridgehead atoms. The summed E-state index contributed by atoms with van der Waals surface area (Å²) in [4.78, 5) is 55.7. The average molecular weight is 2190 g/mol. The molecule has 15 fully saturated rings. The number of aliphatic hydroxyl groups is 6. The molecule has 10 heterocycles. The van der Waals surface area contributed by atoms with Crippen molar-refractivity contribution in [2.45, 2.75) is 308 Å². The van der Waals surface area contributed by atoms with Gasteiger partial charge in [0, 0.05) is 152 Å². The van der Waals surface area contributed by atoms with Gasteiger partial charge < -0.3 is 187 Å². The van der Waals surface area contributed by atoms with Gasteiger partial charge in [0.05, 0.1) is 141 Å². The molecular weight excluding hydrogens is 2060 g/mol. The van der Waals surface area contributed by atoms with Crippen LogP contribution in [0.25, 0.3) is 11.1 Å². The molecule has 30 rings (SSSR count). The first-order chi connectivity index (χ1) is 62.4. The molecule has 25 aliphatic rings. The lowest BCUT2D eigenvalue weighted by Gasteiger charge is -2.69. The lowest BCUT2D eigenvalue weighted by atomic mass is 9.41. The minimum atomic E-state index is -1.75. The van der Waals surface area contributed by atoms with Crippen LogP contribution in [0.4, 0.5) is 0 Å². The minimum absolute atomic E-state index is 0. The maximum atomic E-state index is 15.4. The minimum Gasteiger partial charge on any atom is -1.00 e. The zero-order valence-electron chi connectivity index (χ0n) is 78.6. The number of ether oxygens (including phenoxy) is 6. The number of halogens is 5. The zero-order chi connectivity index (χ0) is 89.7. The van der Waals surface area contributed by atoms with Gasteiger partial charge in [-0.15, -0.1) is 0 Å². The maximum Gasteiger partial charge on any atom is 0.180 e. The smallest absolute Gasteiger partial charge is 0.180 e. The fraction of sp³-hybridized carbons (Fsp3) is 0.679. The molecular formula is C106H130Br5N5O20. The Morgan fingerprint density at radius 1 is 0.346 bits per heavy atom. The summed E-state index contributed by atoms with van der Waals surface area (Å²) >= 11 is 0. The van der Waals surface area contributed by atoms with Gasteiger partial charge >= 0.3 is 0 Å². The van der Waals surface area contributed by atoms with E-state index in [1.54, 1.807) is 19.2 Å². The number of quaternary nitrogens is 5. The number of phenolic OH excluding ortho intramolecular Hbond substituents is 4. The summed E-state index contributed by atoms with van der Waals surface area (Å²) in [6.07, 6.45) is 17.3. The third kappa shape index (κ3) is 11.2. The molecule has 7 unspecified atom stereocenters. The van der Waals surface area contributed by atoms with Crippen molar-refractivity contribution in [3.05, 3.63) is 104 Å². The van der Waals surface area contributed by atoms with Crippen LogP contribution in [0.3, 0.4) is 0 Å². The average Bonchev–Trinajstić information content (AvgIpc) is 1.37. The molecule has 10 N–H and O–H groups in total. The Bertz CT molecular complexity index is 5930. The zero-order valence-corrected chi connectivity index (χ0v) is 86.5. The number of methoxy groups -OCH3 is 1. The number of piperidine rings is 5. The van der Waals surface area contributed by atoms with E-state index >= 15 is 4.79 Å². The fourth-order valence-electron chi connectivity index (χ4n) is 36.5. The molecule has 25 nitrogen and oxygen atoms in total. The van der Waals surface area contributed by atoms with Crippen LogP contribution in [-0.2, 0) is 78.4 Å². The first-order valence-corrected chi connectivity index (χ1v) is 50.6. The number of nitrogens with zero attached hydrogens (tertiary/aromatic N) is 5. The Hall–Kier alpha value is -5.26. The van der Waals surface area contributed by atoms with Crippen molar-refractivity contribution in [3.8, 4) is 68.6 Å². The highest BCUT2D eigenvalue weighted by Crippen LogP contribution is 2.77. The van der Waals surface area contributed by atoms with Crippen molar-refractivity contribution in [1.82, 2.24) is 0 Å². The van der Waals surface area contributed by atoms with Gasteiger partial charge in [-0.3, -0.25) is 19.2 Å². The van der Waals surface area contributed by atoms with Gasteiger partial charge in [-0.2, -0.15) is 0 Å². The predicted octanol–water partition coefficient (Wildman–Crippen LogP) is -6.94. The summed E-state index contributed by atoms with van der Waals surface area (Å²) in [5.41, 5.74) is -1.62. The molecule has 27 atom stereocenters. The lowest BCUT2D eigenvalue weighted by molar-refractivity contribution is -0.951. The Morgan fingerprint density at radius 2 is 0.647 bits per heavy atom. The Balaban J connectivity index is 0.000000118. The second-order valence-corrected chi connectivity index (χ2v) is 49.3. The highest BCUT2D eigenvalue weighted by atomic mass is 79.9. The Morgan fingerprint density at radius 3 is 1.02 bits per heavy atom. The highest BCUT2D eigenvalue weighted by molar-refractivity contribution is 5.96. The second kappa shape index (κ2) is 29.6. The van der Waals surface area contributed by atoms with E-state index in [-0.39, 0.29) is 198 Å². The summed E-state index contributed by atoms with van der Waals surface area (Å²) in [5, 5.41) is 126. The molecule has 0 radical (unpaired) electrons. The van der Waals surface area contributed by atoms with E-state index in [0.717, 1.165) is 152 Å². The lowest BCUT2D eigenvalue weighted by Crippen LogP contribution is -3.00. The monoisotopic (exact) mass is 2190 g/mol. The highest BCUT2D eigenvalue weighted by Gasteiger charge is 2.87. The molecule has 10 saturated carbocycles. The van der Waals surface area contributed by atoms with Crippen molar-refractivity contribution < 1.29 is 206 Å². The number of ketones is 4. The number of rotatable bonds is 13. The second-order valence-electron chi connectivity index (χ2n) is 49.3. The van der Waals surface area contributed by atoms with E-state index in [1.165, 1.54) is 69.8 Å². The van der Waals surface area contributed by atoms with E-state index in [0.29, 0.717) is 146 Å². The largest absolute Gasteiger partial charge is 1.00 e. The van der Waals surface area contributed by atoms with Gasteiger partial charge in [0.1, 0.15) is 69.9 Å². The molecule has 734 valence electrons. The first kappa shape index (κ1) is 94.3. The molecule has 15 aliphatic carbocycles. The first-order valence-electron chi connectivity index (χ1n) is 50.6. The topological polar surface area (TPSA) is 326 Å². The Labute approximate surface area is 846 Å². The van der Waals surface area contributed by atoms with Crippen LogP contribution < -0.4 is 113 Å². The van der Waals surface area contributed by atoms with Crippen LogP contribution in [0.5, 0.6) is 57.5 Å². The number of likely N-dealkylation sites (N-methyl/N-ethyl adjacent to an activating group) is 5. The van der Waals surface area contributed by atoms with Crippen molar-refractivity contribution in [2.24, 2.45) is 35.5 Å². The van der Waals surface area contributed by atoms with Crippen LogP contribution in [0.15, 0.2) is 48.5 Å². The summed E-state index contributed by atoms with van der Waals surface area (Å²) in [6.45, 7) is 9.47. The molecule has 136 heavy (non-hydrogen) atoms. The Kier molecular flexibility index (Phi) is 20.5. The van der Waals surface area contributed by atoms with E-state index < -0.39 is 97.1 Å². The molecule has 30 heteroatoms. The van der Waals surface area contributed by atoms with E-state index in [9.17, 15) is 65.4 Å². The van der Waals surface area contributed by atoms with Crippen LogP contribution in [-0.4, -0.2) is 299 Å². The van der Waals surface area contributed by atoms with Gasteiger partial charge in [-0.25, -0.2) is 0 Å². The number of hydrogen-bond donors (Lipinski definition) is 10. The number of likely N-dealkylation sites (tertiary alicyclic amines) is 5. The van der Waals surface area contributed by atoms with Gasteiger partial charge in [0.25, 0.3) is 0 Å². The van der Waals surface area contributed by atoms with Crippen molar-refractivity contribution >= 4 is 23.1 Å².